The summed E-state index contributed by atoms with van der Waals surface area (Å²) in [5, 5.41) is 9.77. The molecule has 0 bridgehead atoms. The maximum absolute atomic E-state index is 8.93. The minimum atomic E-state index is 0.227. The summed E-state index contributed by atoms with van der Waals surface area (Å²) in [5.74, 6) is 0.755. The molecule has 1 heterocycles. The lowest BCUT2D eigenvalue weighted by molar-refractivity contribution is 0.322. The molecule has 3 nitrogen and oxygen atoms in total. The molecule has 0 N–H and O–H groups in total. The van der Waals surface area contributed by atoms with Gasteiger partial charge in [0, 0.05) is 0 Å². The lowest BCUT2D eigenvalue weighted by Crippen LogP contribution is -1.95. The molecule has 0 spiro atoms. The van der Waals surface area contributed by atoms with Gasteiger partial charge in [-0.15, -0.1) is 6.58 Å². The van der Waals surface area contributed by atoms with Crippen LogP contribution in [0.1, 0.15) is 12.2 Å². The number of rotatable bonds is 4. The Morgan fingerprint density at radius 3 is 3.00 bits per heavy atom. The molecule has 0 fully saturated rings. The molecule has 0 saturated carbocycles. The van der Waals surface area contributed by atoms with Gasteiger partial charge in [0.15, 0.2) is 5.75 Å². The van der Waals surface area contributed by atoms with Gasteiger partial charge in [0.2, 0.25) is 5.76 Å². The zero-order chi connectivity index (χ0) is 11.4. The van der Waals surface area contributed by atoms with Gasteiger partial charge in [-0.25, -0.2) is 0 Å². The molecule has 0 aliphatic carbocycles. The zero-order valence-electron chi connectivity index (χ0n) is 8.77. The summed E-state index contributed by atoms with van der Waals surface area (Å²) in [6, 6.07) is 9.44. The monoisotopic (exact) mass is 213 g/mol. The average molecular weight is 213 g/mol. The van der Waals surface area contributed by atoms with Gasteiger partial charge < -0.3 is 9.15 Å². The van der Waals surface area contributed by atoms with E-state index in [9.17, 15) is 0 Å². The van der Waals surface area contributed by atoms with Crippen molar-refractivity contribution in [1.29, 1.82) is 5.26 Å². The minimum absolute atomic E-state index is 0.227. The van der Waals surface area contributed by atoms with Gasteiger partial charge >= 0.3 is 0 Å². The largest absolute Gasteiger partial charge is 0.488 e. The molecule has 0 aliphatic rings. The van der Waals surface area contributed by atoms with E-state index in [0.29, 0.717) is 17.9 Å². The van der Waals surface area contributed by atoms with Gasteiger partial charge in [0.1, 0.15) is 11.7 Å². The van der Waals surface area contributed by atoms with Crippen LogP contribution in [0.3, 0.4) is 0 Å². The number of para-hydroxylation sites is 1. The van der Waals surface area contributed by atoms with Crippen molar-refractivity contribution in [2.45, 2.75) is 6.42 Å². The number of hydrogen-bond donors (Lipinski definition) is 0. The third-order valence-corrected chi connectivity index (χ3v) is 2.22. The Bertz CT molecular complexity index is 549. The van der Waals surface area contributed by atoms with E-state index in [1.165, 1.54) is 0 Å². The predicted octanol–water partition coefficient (Wildman–Crippen LogP) is 3.26. The van der Waals surface area contributed by atoms with Crippen molar-refractivity contribution in [3.8, 4) is 11.8 Å². The van der Waals surface area contributed by atoms with Crippen LogP contribution in [-0.2, 0) is 0 Å². The fourth-order valence-electron chi connectivity index (χ4n) is 1.48. The molecule has 3 heteroatoms. The molecule has 0 radical (unpaired) electrons. The Labute approximate surface area is 93.5 Å². The number of fused-ring (bicyclic) bond motifs is 1. The summed E-state index contributed by atoms with van der Waals surface area (Å²) in [7, 11) is 0. The summed E-state index contributed by atoms with van der Waals surface area (Å²) < 4.78 is 10.9. The van der Waals surface area contributed by atoms with E-state index in [2.05, 4.69) is 6.58 Å². The van der Waals surface area contributed by atoms with Crippen LogP contribution in [0.15, 0.2) is 41.3 Å². The summed E-state index contributed by atoms with van der Waals surface area (Å²) in [4.78, 5) is 0. The highest BCUT2D eigenvalue weighted by Crippen LogP contribution is 2.32. The second-order valence-corrected chi connectivity index (χ2v) is 3.29. The first-order valence-corrected chi connectivity index (χ1v) is 5.02. The number of nitrogens with zero attached hydrogens (tertiary/aromatic N) is 1. The molecule has 0 aliphatic heterocycles. The van der Waals surface area contributed by atoms with Gasteiger partial charge in [-0.05, 0) is 18.6 Å². The maximum atomic E-state index is 8.93. The zero-order valence-corrected chi connectivity index (χ0v) is 8.77. The first-order valence-electron chi connectivity index (χ1n) is 5.02. The Hall–Kier alpha value is -2.21. The molecular formula is C13H11NO2. The van der Waals surface area contributed by atoms with E-state index in [0.717, 1.165) is 11.8 Å². The van der Waals surface area contributed by atoms with E-state index in [1.807, 2.05) is 30.3 Å². The Balaban J connectivity index is 2.40. The summed E-state index contributed by atoms with van der Waals surface area (Å²) in [6.07, 6.45) is 2.51. The standard InChI is InChI=1S/C13H11NO2/c1-2-3-8-15-13-10-6-4-5-7-11(10)16-12(13)9-14/h2,4-7H,1,3,8H2. The van der Waals surface area contributed by atoms with Crippen LogP contribution in [0.4, 0.5) is 0 Å². The van der Waals surface area contributed by atoms with Crippen molar-refractivity contribution in [3.63, 3.8) is 0 Å². The molecule has 0 amide bonds. The fourth-order valence-corrected chi connectivity index (χ4v) is 1.48. The van der Waals surface area contributed by atoms with Crippen LogP contribution in [0.5, 0.6) is 5.75 Å². The second kappa shape index (κ2) is 4.54. The van der Waals surface area contributed by atoms with Gasteiger partial charge in [0.25, 0.3) is 0 Å². The molecule has 2 rings (SSSR count). The quantitative estimate of drug-likeness (QED) is 0.578. The first kappa shape index (κ1) is 10.3. The minimum Gasteiger partial charge on any atom is -0.488 e. The van der Waals surface area contributed by atoms with Gasteiger partial charge in [-0.2, -0.15) is 5.26 Å². The van der Waals surface area contributed by atoms with Gasteiger partial charge in [-0.1, -0.05) is 18.2 Å². The van der Waals surface area contributed by atoms with Crippen LogP contribution in [0, 0.1) is 11.3 Å². The van der Waals surface area contributed by atoms with Crippen molar-refractivity contribution in [1.82, 2.24) is 0 Å². The number of nitriles is 1. The molecule has 0 atom stereocenters. The molecule has 2 aromatic rings. The molecule has 1 aromatic carbocycles. The molecule has 0 unspecified atom stereocenters. The fraction of sp³-hybridized carbons (Fsp3) is 0.154. The Kier molecular flexibility index (Phi) is 2.93. The van der Waals surface area contributed by atoms with Crippen LogP contribution in [-0.4, -0.2) is 6.61 Å². The normalized spacial score (nSPS) is 9.94. The summed E-state index contributed by atoms with van der Waals surface area (Å²) in [5.41, 5.74) is 0.674. The summed E-state index contributed by atoms with van der Waals surface area (Å²) >= 11 is 0. The Morgan fingerprint density at radius 2 is 2.25 bits per heavy atom. The van der Waals surface area contributed by atoms with Crippen molar-refractivity contribution in [3.05, 3.63) is 42.7 Å². The van der Waals surface area contributed by atoms with Crippen LogP contribution in [0.2, 0.25) is 0 Å². The second-order valence-electron chi connectivity index (χ2n) is 3.29. The predicted molar refractivity (Wildman–Crippen MR) is 61.2 cm³/mol. The topological polar surface area (TPSA) is 46.2 Å². The van der Waals surface area contributed by atoms with E-state index in [4.69, 9.17) is 14.4 Å². The third kappa shape index (κ3) is 1.78. The lowest BCUT2D eigenvalue weighted by Gasteiger charge is -2.01. The summed E-state index contributed by atoms with van der Waals surface area (Å²) in [6.45, 7) is 4.12. The average Bonchev–Trinajstić information content (AvgIpc) is 2.68. The lowest BCUT2D eigenvalue weighted by atomic mass is 10.2. The van der Waals surface area contributed by atoms with Crippen molar-refractivity contribution >= 4 is 11.0 Å². The van der Waals surface area contributed by atoms with Gasteiger partial charge in [0.05, 0.1) is 12.0 Å². The van der Waals surface area contributed by atoms with Crippen molar-refractivity contribution in [2.24, 2.45) is 0 Å². The van der Waals surface area contributed by atoms with Crippen LogP contribution < -0.4 is 4.74 Å². The molecule has 1 aromatic heterocycles. The first-order chi connectivity index (χ1) is 7.86. The van der Waals surface area contributed by atoms with E-state index in [-0.39, 0.29) is 5.76 Å². The highest BCUT2D eigenvalue weighted by Gasteiger charge is 2.14. The maximum Gasteiger partial charge on any atom is 0.246 e. The van der Waals surface area contributed by atoms with E-state index >= 15 is 0 Å². The van der Waals surface area contributed by atoms with Crippen molar-refractivity contribution < 1.29 is 9.15 Å². The number of hydrogen-bond acceptors (Lipinski definition) is 3. The third-order valence-electron chi connectivity index (χ3n) is 2.22. The van der Waals surface area contributed by atoms with Crippen molar-refractivity contribution in [2.75, 3.05) is 6.61 Å². The molecule has 80 valence electrons. The smallest absolute Gasteiger partial charge is 0.246 e. The van der Waals surface area contributed by atoms with E-state index in [1.54, 1.807) is 6.08 Å². The van der Waals surface area contributed by atoms with Crippen LogP contribution >= 0.6 is 0 Å². The molecular weight excluding hydrogens is 202 g/mol. The SMILES string of the molecule is C=CCCOc1c(C#N)oc2ccccc12. The Morgan fingerprint density at radius 1 is 1.44 bits per heavy atom. The molecule has 0 saturated heterocycles. The number of benzene rings is 1. The molecule has 16 heavy (non-hydrogen) atoms. The highest BCUT2D eigenvalue weighted by molar-refractivity contribution is 5.86. The number of ether oxygens (including phenoxy) is 1. The van der Waals surface area contributed by atoms with E-state index < -0.39 is 0 Å². The van der Waals surface area contributed by atoms with Crippen LogP contribution in [0.25, 0.3) is 11.0 Å². The van der Waals surface area contributed by atoms with Gasteiger partial charge in [-0.3, -0.25) is 0 Å². The number of furan rings is 1. The highest BCUT2D eigenvalue weighted by atomic mass is 16.5.